The first-order chi connectivity index (χ1) is 9.77. The molecule has 0 amide bonds. The normalized spacial score (nSPS) is 10.4. The minimum absolute atomic E-state index is 0. The van der Waals surface area contributed by atoms with Crippen LogP contribution in [0.5, 0.6) is 0 Å². The second-order valence-electron chi connectivity index (χ2n) is 5.15. The van der Waals surface area contributed by atoms with Crippen molar-refractivity contribution in [1.82, 2.24) is 0 Å². The Balaban J connectivity index is -0.000000520. The molecular weight excluding hydrogens is 361 g/mol. The Morgan fingerprint density at radius 1 is 0.864 bits per heavy atom. The van der Waals surface area contributed by atoms with E-state index in [1.807, 2.05) is 0 Å². The van der Waals surface area contributed by atoms with Crippen molar-refractivity contribution in [1.29, 1.82) is 0 Å². The average Bonchev–Trinajstić information content (AvgIpc) is 2.33. The fraction of sp³-hybridized carbons (Fsp3) is 0.929. The number of hydrogen-bond donors (Lipinski definition) is 2. The van der Waals surface area contributed by atoms with Crippen LogP contribution in [0.3, 0.4) is 0 Å². The topological polar surface area (TPSA) is 121 Å². The number of hydrogen-bond acceptors (Lipinski definition) is 4. The number of phosphoric acid groups is 1. The molecule has 0 spiro atoms. The Labute approximate surface area is 146 Å². The molecule has 0 aromatic heterocycles. The van der Waals surface area contributed by atoms with Gasteiger partial charge in [-0.2, -0.15) is 0 Å². The first-order valence-electron chi connectivity index (χ1n) is 7.74. The molecule has 0 saturated carbocycles. The second-order valence-corrected chi connectivity index (χ2v) is 6.08. The van der Waals surface area contributed by atoms with Gasteiger partial charge >= 0.3 is 25.4 Å². The summed E-state index contributed by atoms with van der Waals surface area (Å²) in [5.41, 5.74) is 0. The van der Waals surface area contributed by atoms with Gasteiger partial charge < -0.3 is 24.4 Å². The third-order valence-electron chi connectivity index (χ3n) is 2.99. The van der Waals surface area contributed by atoms with Gasteiger partial charge in [-0.15, -0.1) is 0 Å². The van der Waals surface area contributed by atoms with Crippen molar-refractivity contribution >= 4 is 13.8 Å². The SMILES string of the molecule is CCCCCCCCCCCCCC(=O)O.O=P([O-])([O-])O.[Zn+2]. The van der Waals surface area contributed by atoms with Crippen LogP contribution in [0, 0.1) is 0 Å². The monoisotopic (exact) mass is 388 g/mol. The summed E-state index contributed by atoms with van der Waals surface area (Å²) in [6.07, 6.45) is 14.4. The maximum Gasteiger partial charge on any atom is 2.00 e. The first kappa shape index (κ1) is 27.1. The molecule has 0 aliphatic heterocycles. The molecule has 0 atom stereocenters. The van der Waals surface area contributed by atoms with Gasteiger partial charge in [0.1, 0.15) is 0 Å². The van der Waals surface area contributed by atoms with Gasteiger partial charge in [0.15, 0.2) is 0 Å². The summed E-state index contributed by atoms with van der Waals surface area (Å²) < 4.78 is 8.66. The standard InChI is InChI=1S/C14H28O2.H3O4P.Zn/c1-2-3-4-5-6-7-8-9-10-11-12-13-14(15)16;1-5(2,3)4;/h2-13H2,1H3,(H,15,16);(H3,1,2,3,4);/q;;+2/p-2. The zero-order valence-electron chi connectivity index (χ0n) is 13.7. The van der Waals surface area contributed by atoms with Gasteiger partial charge in [0.25, 0.3) is 0 Å². The fourth-order valence-corrected chi connectivity index (χ4v) is 1.94. The van der Waals surface area contributed by atoms with E-state index in [4.69, 9.17) is 24.4 Å². The second kappa shape index (κ2) is 19.3. The van der Waals surface area contributed by atoms with Crippen molar-refractivity contribution in [3.63, 3.8) is 0 Å². The Kier molecular flexibility index (Phi) is 23.7. The molecule has 0 saturated heterocycles. The smallest absolute Gasteiger partial charge is 0.790 e. The van der Waals surface area contributed by atoms with E-state index in [2.05, 4.69) is 6.92 Å². The molecule has 0 radical (unpaired) electrons. The number of carbonyl (C=O) groups is 1. The van der Waals surface area contributed by atoms with Crippen LogP contribution in [-0.4, -0.2) is 16.0 Å². The molecule has 0 aliphatic carbocycles. The number of carboxylic acid groups (broad SMARTS) is 1. The largest absolute Gasteiger partial charge is 2.00 e. The molecular formula is C14H29O6PZn. The van der Waals surface area contributed by atoms with Crippen LogP contribution < -0.4 is 9.79 Å². The molecule has 0 unspecified atom stereocenters. The molecule has 22 heavy (non-hydrogen) atoms. The van der Waals surface area contributed by atoms with Gasteiger partial charge in [0.2, 0.25) is 0 Å². The Hall–Kier alpha value is 0.203. The Bertz CT molecular complexity index is 274. The first-order valence-corrected chi connectivity index (χ1v) is 9.23. The summed E-state index contributed by atoms with van der Waals surface area (Å²) in [4.78, 5) is 34.5. The molecule has 2 N–H and O–H groups in total. The molecule has 8 heteroatoms. The van der Waals surface area contributed by atoms with Gasteiger partial charge in [-0.3, -0.25) is 4.79 Å². The molecule has 0 heterocycles. The molecule has 128 valence electrons. The molecule has 0 fully saturated rings. The van der Waals surface area contributed by atoms with Crippen molar-refractivity contribution in [2.45, 2.75) is 84.0 Å². The van der Waals surface area contributed by atoms with Crippen LogP contribution in [0.1, 0.15) is 84.0 Å². The van der Waals surface area contributed by atoms with Crippen LogP contribution >= 0.6 is 7.82 Å². The van der Waals surface area contributed by atoms with E-state index in [0.717, 1.165) is 12.8 Å². The van der Waals surface area contributed by atoms with Gasteiger partial charge in [0, 0.05) is 6.42 Å². The summed E-state index contributed by atoms with van der Waals surface area (Å²) in [5.74, 6) is -0.657. The number of unbranched alkanes of at least 4 members (excludes halogenated alkanes) is 10. The van der Waals surface area contributed by atoms with Crippen LogP contribution in [0.2, 0.25) is 0 Å². The third-order valence-corrected chi connectivity index (χ3v) is 2.99. The van der Waals surface area contributed by atoms with Crippen molar-refractivity contribution in [3.05, 3.63) is 0 Å². The van der Waals surface area contributed by atoms with E-state index in [1.54, 1.807) is 0 Å². The Morgan fingerprint density at radius 3 is 1.41 bits per heavy atom. The molecule has 6 nitrogen and oxygen atoms in total. The van der Waals surface area contributed by atoms with Gasteiger partial charge in [-0.1, -0.05) is 71.1 Å². The predicted octanol–water partition coefficient (Wildman–Crippen LogP) is 2.58. The zero-order chi connectivity index (χ0) is 16.6. The summed E-state index contributed by atoms with van der Waals surface area (Å²) in [6, 6.07) is 0. The molecule has 0 aromatic rings. The average molecular weight is 390 g/mol. The summed E-state index contributed by atoms with van der Waals surface area (Å²) in [5, 5.41) is 8.46. The maximum absolute atomic E-state index is 10.3. The number of aliphatic carboxylic acids is 1. The molecule has 0 bridgehead atoms. The molecule has 0 aromatic carbocycles. The van der Waals surface area contributed by atoms with Gasteiger partial charge in [-0.25, -0.2) is 0 Å². The van der Waals surface area contributed by atoms with E-state index >= 15 is 0 Å². The quantitative estimate of drug-likeness (QED) is 0.300. The maximum atomic E-state index is 10.3. The molecule has 0 aliphatic rings. The van der Waals surface area contributed by atoms with Crippen LogP contribution in [0.25, 0.3) is 0 Å². The van der Waals surface area contributed by atoms with E-state index in [0.29, 0.717) is 6.42 Å². The van der Waals surface area contributed by atoms with Crippen molar-refractivity contribution in [2.24, 2.45) is 0 Å². The van der Waals surface area contributed by atoms with Crippen molar-refractivity contribution in [3.8, 4) is 0 Å². The minimum Gasteiger partial charge on any atom is -0.790 e. The van der Waals surface area contributed by atoms with Crippen LogP contribution in [-0.2, 0) is 28.8 Å². The number of carboxylic acids is 1. The third kappa shape index (κ3) is 42.7. The van der Waals surface area contributed by atoms with Crippen LogP contribution in [0.4, 0.5) is 0 Å². The van der Waals surface area contributed by atoms with Crippen LogP contribution in [0.15, 0.2) is 0 Å². The van der Waals surface area contributed by atoms with Crippen molar-refractivity contribution in [2.75, 3.05) is 0 Å². The minimum atomic E-state index is -5.14. The van der Waals surface area contributed by atoms with E-state index in [1.165, 1.54) is 57.8 Å². The van der Waals surface area contributed by atoms with E-state index < -0.39 is 13.8 Å². The van der Waals surface area contributed by atoms with E-state index in [-0.39, 0.29) is 19.5 Å². The summed E-state index contributed by atoms with van der Waals surface area (Å²) >= 11 is 0. The predicted molar refractivity (Wildman–Crippen MR) is 78.5 cm³/mol. The summed E-state index contributed by atoms with van der Waals surface area (Å²) in [7, 11) is -5.14. The molecule has 0 rings (SSSR count). The fourth-order valence-electron chi connectivity index (χ4n) is 1.94. The van der Waals surface area contributed by atoms with Crippen molar-refractivity contribution < 1.29 is 48.6 Å². The summed E-state index contributed by atoms with van der Waals surface area (Å²) in [6.45, 7) is 2.25. The van der Waals surface area contributed by atoms with Gasteiger partial charge in [-0.05, 0) is 6.42 Å². The number of rotatable bonds is 12. The van der Waals surface area contributed by atoms with E-state index in [9.17, 15) is 4.79 Å². The van der Waals surface area contributed by atoms with Gasteiger partial charge in [0.05, 0.1) is 7.82 Å². The zero-order valence-corrected chi connectivity index (χ0v) is 17.5. The Morgan fingerprint density at radius 2 is 1.14 bits per heavy atom.